The first-order valence-electron chi connectivity index (χ1n) is 8.87. The van der Waals surface area contributed by atoms with Gasteiger partial charge in [0.1, 0.15) is 0 Å². The summed E-state index contributed by atoms with van der Waals surface area (Å²) >= 11 is 0. The lowest BCUT2D eigenvalue weighted by atomic mass is 9.88. The van der Waals surface area contributed by atoms with Crippen molar-refractivity contribution in [2.75, 3.05) is 6.61 Å². The van der Waals surface area contributed by atoms with Crippen LogP contribution >= 0.6 is 0 Å². The molecule has 0 N–H and O–H groups in total. The molecule has 0 spiro atoms. The third-order valence-corrected chi connectivity index (χ3v) is 6.11. The van der Waals surface area contributed by atoms with E-state index in [1.165, 1.54) is 0 Å². The maximum atomic E-state index is 12.5. The van der Waals surface area contributed by atoms with Crippen LogP contribution in [0.1, 0.15) is 5.56 Å². The van der Waals surface area contributed by atoms with Crippen LogP contribution in [0.15, 0.2) is 88.9 Å². The van der Waals surface area contributed by atoms with Crippen LogP contribution in [0, 0.1) is 12.8 Å². The van der Waals surface area contributed by atoms with Gasteiger partial charge in [-0.05, 0) is 46.7 Å². The number of hydrogen-bond donors (Lipinski definition) is 0. The highest BCUT2D eigenvalue weighted by Crippen LogP contribution is 2.28. The van der Waals surface area contributed by atoms with E-state index < -0.39 is 10.1 Å². The number of aryl methyl sites for hydroxylation is 1. The fourth-order valence-electron chi connectivity index (χ4n) is 3.28. The van der Waals surface area contributed by atoms with Crippen LogP contribution in [0.2, 0.25) is 0 Å². The van der Waals surface area contributed by atoms with E-state index in [-0.39, 0.29) is 17.4 Å². The Bertz CT molecular complexity index is 1180. The average Bonchev–Trinajstić information content (AvgIpc) is 2.86. The summed E-state index contributed by atoms with van der Waals surface area (Å²) in [5, 5.41) is 2.30. The molecule has 0 aliphatic heterocycles. The Morgan fingerprint density at radius 1 is 0.926 bits per heavy atom. The lowest BCUT2D eigenvalue weighted by Crippen LogP contribution is -2.23. The van der Waals surface area contributed by atoms with Gasteiger partial charge in [-0.1, -0.05) is 72.3 Å². The second kappa shape index (κ2) is 7.14. The van der Waals surface area contributed by atoms with Gasteiger partial charge in [0, 0.05) is 5.92 Å². The highest BCUT2D eigenvalue weighted by Gasteiger charge is 2.22. The van der Waals surface area contributed by atoms with Crippen LogP contribution in [0.5, 0.6) is 0 Å². The van der Waals surface area contributed by atoms with Gasteiger partial charge in [0.25, 0.3) is 10.1 Å². The predicted molar refractivity (Wildman–Crippen MR) is 108 cm³/mol. The van der Waals surface area contributed by atoms with Gasteiger partial charge in [-0.25, -0.2) is 0 Å². The van der Waals surface area contributed by atoms with Crippen molar-refractivity contribution in [3.63, 3.8) is 0 Å². The van der Waals surface area contributed by atoms with Gasteiger partial charge in [-0.2, -0.15) is 8.42 Å². The Labute approximate surface area is 159 Å². The van der Waals surface area contributed by atoms with E-state index in [0.717, 1.165) is 27.1 Å². The predicted octanol–water partition coefficient (Wildman–Crippen LogP) is 3.01. The van der Waals surface area contributed by atoms with E-state index in [0.29, 0.717) is 0 Å². The summed E-state index contributed by atoms with van der Waals surface area (Å²) in [6.07, 6.45) is 12.3. The van der Waals surface area contributed by atoms with E-state index >= 15 is 0 Å². The molecule has 2 aliphatic rings. The minimum absolute atomic E-state index is 0.0773. The van der Waals surface area contributed by atoms with Gasteiger partial charge in [-0.3, -0.25) is 4.18 Å². The minimum atomic E-state index is -3.78. The van der Waals surface area contributed by atoms with Crippen molar-refractivity contribution in [2.45, 2.75) is 11.8 Å². The Hall–Kier alpha value is -2.69. The van der Waals surface area contributed by atoms with Crippen LogP contribution in [0.4, 0.5) is 0 Å². The molecule has 0 heterocycles. The number of benzene rings is 2. The molecule has 0 fully saturated rings. The summed E-state index contributed by atoms with van der Waals surface area (Å²) < 4.78 is 30.4. The van der Waals surface area contributed by atoms with Crippen LogP contribution in [0.25, 0.3) is 12.2 Å². The maximum absolute atomic E-state index is 12.5. The lowest BCUT2D eigenvalue weighted by molar-refractivity contribution is 0.295. The Morgan fingerprint density at radius 2 is 1.67 bits per heavy atom. The van der Waals surface area contributed by atoms with Crippen LogP contribution < -0.4 is 10.4 Å². The van der Waals surface area contributed by atoms with E-state index in [4.69, 9.17) is 4.18 Å². The van der Waals surface area contributed by atoms with Gasteiger partial charge in [-0.15, -0.1) is 0 Å². The van der Waals surface area contributed by atoms with E-state index in [1.807, 2.05) is 37.3 Å². The summed E-state index contributed by atoms with van der Waals surface area (Å²) in [6, 6.07) is 14.9. The summed E-state index contributed by atoms with van der Waals surface area (Å²) in [5.74, 6) is -0.118. The second-order valence-corrected chi connectivity index (χ2v) is 8.34. The lowest BCUT2D eigenvalue weighted by Gasteiger charge is -2.20. The maximum Gasteiger partial charge on any atom is 0.297 e. The van der Waals surface area contributed by atoms with Crippen LogP contribution in [-0.2, 0) is 14.3 Å². The highest BCUT2D eigenvalue weighted by atomic mass is 32.2. The molecule has 4 heteroatoms. The topological polar surface area (TPSA) is 43.4 Å². The smallest absolute Gasteiger partial charge is 0.265 e. The first kappa shape index (κ1) is 17.7. The molecule has 1 unspecified atom stereocenters. The summed E-state index contributed by atoms with van der Waals surface area (Å²) in [7, 11) is -3.78. The van der Waals surface area contributed by atoms with Gasteiger partial charge in [0.15, 0.2) is 0 Å². The zero-order valence-electron chi connectivity index (χ0n) is 15.0. The van der Waals surface area contributed by atoms with Crippen LogP contribution in [-0.4, -0.2) is 15.0 Å². The van der Waals surface area contributed by atoms with Crippen molar-refractivity contribution >= 4 is 22.3 Å². The minimum Gasteiger partial charge on any atom is -0.265 e. The zero-order valence-corrected chi connectivity index (χ0v) is 15.8. The number of rotatable bonds is 4. The van der Waals surface area contributed by atoms with Gasteiger partial charge < -0.3 is 0 Å². The third kappa shape index (κ3) is 3.72. The van der Waals surface area contributed by atoms with Gasteiger partial charge >= 0.3 is 0 Å². The number of fused-ring (bicyclic) bond motifs is 2. The van der Waals surface area contributed by atoms with E-state index in [2.05, 4.69) is 30.4 Å². The SMILES string of the molecule is Cc1ccc(S(=O)(=O)OCC2C=CC=C3C=c4ccccc4=CC=C32)cc1. The standard InChI is InChI=1S/C23H20O3S/c1-17-9-12-22(13-10-17)27(24,25)26-16-21-8-4-7-20-15-19-6-3-2-5-18(19)11-14-23(20)21/h2-15,21H,16H2,1H3. The Morgan fingerprint density at radius 3 is 2.44 bits per heavy atom. The fraction of sp³-hybridized carbons (Fsp3) is 0.130. The summed E-state index contributed by atoms with van der Waals surface area (Å²) in [5.41, 5.74) is 3.15. The molecule has 0 radical (unpaired) electrons. The van der Waals surface area contributed by atoms with Crippen molar-refractivity contribution in [3.8, 4) is 0 Å². The number of hydrogen-bond acceptors (Lipinski definition) is 3. The average molecular weight is 376 g/mol. The van der Waals surface area contributed by atoms with E-state index in [1.54, 1.807) is 24.3 Å². The van der Waals surface area contributed by atoms with Crippen molar-refractivity contribution < 1.29 is 12.6 Å². The second-order valence-electron chi connectivity index (χ2n) is 6.73. The molecule has 0 amide bonds. The van der Waals surface area contributed by atoms with Crippen molar-refractivity contribution in [1.82, 2.24) is 0 Å². The molecular formula is C23H20O3S. The molecule has 136 valence electrons. The Kier molecular flexibility index (Phi) is 4.68. The molecule has 27 heavy (non-hydrogen) atoms. The first-order valence-corrected chi connectivity index (χ1v) is 10.3. The quantitative estimate of drug-likeness (QED) is 0.771. The van der Waals surface area contributed by atoms with Gasteiger partial charge in [0.2, 0.25) is 0 Å². The molecule has 2 aromatic rings. The van der Waals surface area contributed by atoms with Crippen molar-refractivity contribution in [3.05, 3.63) is 100.0 Å². The van der Waals surface area contributed by atoms with E-state index in [9.17, 15) is 8.42 Å². The zero-order chi connectivity index (χ0) is 18.9. The van der Waals surface area contributed by atoms with Gasteiger partial charge in [0.05, 0.1) is 11.5 Å². The molecule has 0 saturated carbocycles. The number of allylic oxidation sites excluding steroid dienone is 4. The highest BCUT2D eigenvalue weighted by molar-refractivity contribution is 7.86. The Balaban J connectivity index is 1.58. The molecule has 1 atom stereocenters. The molecule has 0 saturated heterocycles. The molecule has 2 aromatic carbocycles. The van der Waals surface area contributed by atoms with Crippen LogP contribution in [0.3, 0.4) is 0 Å². The normalized spacial score (nSPS) is 18.2. The van der Waals surface area contributed by atoms with Crippen molar-refractivity contribution in [2.24, 2.45) is 5.92 Å². The molecule has 4 rings (SSSR count). The van der Waals surface area contributed by atoms with Crippen molar-refractivity contribution in [1.29, 1.82) is 0 Å². The molecule has 2 aliphatic carbocycles. The monoisotopic (exact) mass is 376 g/mol. The summed E-state index contributed by atoms with van der Waals surface area (Å²) in [6.45, 7) is 2.00. The molecular weight excluding hydrogens is 356 g/mol. The largest absolute Gasteiger partial charge is 0.297 e. The summed E-state index contributed by atoms with van der Waals surface area (Å²) in [4.78, 5) is 0.184. The molecule has 0 bridgehead atoms. The molecule has 3 nitrogen and oxygen atoms in total. The third-order valence-electron chi connectivity index (χ3n) is 4.81. The first-order chi connectivity index (χ1) is 13.0. The molecule has 0 aromatic heterocycles. The fourth-order valence-corrected chi connectivity index (χ4v) is 4.21.